The van der Waals surface area contributed by atoms with E-state index in [4.69, 9.17) is 14.4 Å². The lowest BCUT2D eigenvalue weighted by atomic mass is 9.87. The first-order valence-electron chi connectivity index (χ1n) is 16.7. The number of para-hydroxylation sites is 2. The second kappa shape index (κ2) is 9.99. The zero-order valence-electron chi connectivity index (χ0n) is 26.4. The molecule has 1 aliphatic rings. The van der Waals surface area contributed by atoms with Crippen molar-refractivity contribution in [3.63, 3.8) is 0 Å². The molecule has 1 aliphatic carbocycles. The molecule has 0 unspecified atom stereocenters. The van der Waals surface area contributed by atoms with Gasteiger partial charge in [-0.2, -0.15) is 0 Å². The highest BCUT2D eigenvalue weighted by molar-refractivity contribution is 6.19. The predicted octanol–water partition coefficient (Wildman–Crippen LogP) is 11.7. The lowest BCUT2D eigenvalue weighted by Crippen LogP contribution is -2.04. The molecule has 49 heavy (non-hydrogen) atoms. The van der Waals surface area contributed by atoms with E-state index in [1.54, 1.807) is 0 Å². The lowest BCUT2D eigenvalue weighted by molar-refractivity contribution is 0.653. The molecule has 4 heteroatoms. The third-order valence-electron chi connectivity index (χ3n) is 10.2. The molecule has 0 radical (unpaired) electrons. The summed E-state index contributed by atoms with van der Waals surface area (Å²) in [5, 5.41) is 10.6. The summed E-state index contributed by atoms with van der Waals surface area (Å²) >= 11 is 0. The van der Waals surface area contributed by atoms with E-state index in [0.29, 0.717) is 5.71 Å². The van der Waals surface area contributed by atoms with Gasteiger partial charge in [0.25, 0.3) is 0 Å². The quantitative estimate of drug-likeness (QED) is 0.180. The number of furan rings is 1. The Morgan fingerprint density at radius 3 is 2.20 bits per heavy atom. The summed E-state index contributed by atoms with van der Waals surface area (Å²) in [6.45, 7) is 0. The van der Waals surface area contributed by atoms with Crippen LogP contribution >= 0.6 is 0 Å². The van der Waals surface area contributed by atoms with Crippen LogP contribution in [0.2, 0.25) is 0 Å². The van der Waals surface area contributed by atoms with Gasteiger partial charge >= 0.3 is 0 Å². The Hall–Kier alpha value is -6.52. The zero-order chi connectivity index (χ0) is 32.1. The van der Waals surface area contributed by atoms with E-state index >= 15 is 0 Å². The number of hydrogen-bond acceptors (Lipinski definition) is 3. The summed E-state index contributed by atoms with van der Waals surface area (Å²) in [5.41, 5.74) is 8.68. The van der Waals surface area contributed by atoms with Gasteiger partial charge in [0.1, 0.15) is 16.8 Å². The molecule has 0 N–H and O–H groups in total. The molecule has 0 amide bonds. The van der Waals surface area contributed by atoms with E-state index in [1.807, 2.05) is 18.2 Å². The topological polar surface area (TPSA) is 43.9 Å². The molecule has 0 atom stereocenters. The molecule has 7 aromatic carbocycles. The average molecular weight is 626 g/mol. The molecule has 0 spiro atoms. The first-order chi connectivity index (χ1) is 24.3. The van der Waals surface area contributed by atoms with Crippen LogP contribution in [0.1, 0.15) is 11.1 Å². The van der Waals surface area contributed by atoms with Crippen LogP contribution in [0.15, 0.2) is 150 Å². The van der Waals surface area contributed by atoms with Gasteiger partial charge in [0.2, 0.25) is 5.71 Å². The van der Waals surface area contributed by atoms with E-state index < -0.39 is 0 Å². The summed E-state index contributed by atoms with van der Waals surface area (Å²) in [6, 6.07) is 45.3. The van der Waals surface area contributed by atoms with Crippen LogP contribution in [-0.2, 0) is 6.42 Å². The number of allylic oxidation sites excluding steroid dienone is 3. The minimum absolute atomic E-state index is 0.535. The van der Waals surface area contributed by atoms with Crippen LogP contribution < -0.4 is 0 Å². The molecule has 3 aromatic heterocycles. The molecule has 228 valence electrons. The van der Waals surface area contributed by atoms with Gasteiger partial charge in [0, 0.05) is 21.7 Å². The Morgan fingerprint density at radius 1 is 0.571 bits per heavy atom. The number of aromatic nitrogens is 3. The van der Waals surface area contributed by atoms with Gasteiger partial charge in [0.05, 0.1) is 11.0 Å². The highest BCUT2D eigenvalue weighted by atomic mass is 16.3. The maximum absolute atomic E-state index is 6.43. The molecule has 0 aliphatic heterocycles. The normalized spacial score (nSPS) is 13.1. The van der Waals surface area contributed by atoms with Crippen molar-refractivity contribution in [2.75, 3.05) is 0 Å². The van der Waals surface area contributed by atoms with E-state index in [-0.39, 0.29) is 0 Å². The molecule has 0 bridgehead atoms. The van der Waals surface area contributed by atoms with Crippen molar-refractivity contribution in [1.29, 1.82) is 0 Å². The molecule has 4 nitrogen and oxygen atoms in total. The average Bonchev–Trinajstić information content (AvgIpc) is 3.55. The standard InChI is InChI=1S/C45H27N3O/c1-2-15-29-30(16-3-1)34-21-12-22-36(41(34)33-19-7-6-17-31(29)33)42-44(46-43-35-20-9-11-24-40(35)49-45(43)47-42)48-38-23-10-8-18-32(38)37-25-27-13-4-5-14-28(27)26-39(37)48/h1-15,17-26H,16H2. The van der Waals surface area contributed by atoms with Crippen molar-refractivity contribution < 1.29 is 4.42 Å². The van der Waals surface area contributed by atoms with Crippen molar-refractivity contribution in [2.45, 2.75) is 6.42 Å². The van der Waals surface area contributed by atoms with Crippen molar-refractivity contribution in [3.05, 3.63) is 157 Å². The maximum atomic E-state index is 6.43. The predicted molar refractivity (Wildman–Crippen MR) is 203 cm³/mol. The van der Waals surface area contributed by atoms with Gasteiger partial charge in [-0.1, -0.05) is 121 Å². The van der Waals surface area contributed by atoms with E-state index in [2.05, 4.69) is 138 Å². The van der Waals surface area contributed by atoms with Crippen LogP contribution in [-0.4, -0.2) is 14.5 Å². The zero-order valence-corrected chi connectivity index (χ0v) is 26.4. The first kappa shape index (κ1) is 26.5. The Balaban J connectivity index is 1.34. The van der Waals surface area contributed by atoms with Gasteiger partial charge in [-0.15, -0.1) is 0 Å². The monoisotopic (exact) mass is 625 g/mol. The van der Waals surface area contributed by atoms with Gasteiger partial charge in [-0.05, 0) is 80.2 Å². The highest BCUT2D eigenvalue weighted by Gasteiger charge is 2.24. The van der Waals surface area contributed by atoms with Crippen molar-refractivity contribution in [3.8, 4) is 17.1 Å². The minimum atomic E-state index is 0.535. The molecule has 0 fully saturated rings. The van der Waals surface area contributed by atoms with Gasteiger partial charge in [-0.25, -0.2) is 9.97 Å². The molecular weight excluding hydrogens is 599 g/mol. The van der Waals surface area contributed by atoms with Gasteiger partial charge < -0.3 is 4.42 Å². The SMILES string of the molecule is C1=CCc2c(c3ccccc3c3c(-c4nc5oc6ccccc6c5nc4-n4c5ccccc5c5cc6ccccc6cc54)cccc23)C=C1. The lowest BCUT2D eigenvalue weighted by Gasteiger charge is -2.18. The summed E-state index contributed by atoms with van der Waals surface area (Å²) in [5.74, 6) is 0.784. The van der Waals surface area contributed by atoms with E-state index in [1.165, 1.54) is 54.2 Å². The molecule has 0 saturated carbocycles. The molecule has 11 rings (SSSR count). The second-order valence-corrected chi connectivity index (χ2v) is 12.9. The van der Waals surface area contributed by atoms with E-state index in [0.717, 1.165) is 51.0 Å². The third-order valence-corrected chi connectivity index (χ3v) is 10.2. The highest BCUT2D eigenvalue weighted by Crippen LogP contribution is 2.44. The minimum Gasteiger partial charge on any atom is -0.436 e. The van der Waals surface area contributed by atoms with Crippen LogP contribution in [0, 0.1) is 0 Å². The maximum Gasteiger partial charge on any atom is 0.247 e. The van der Waals surface area contributed by atoms with Crippen LogP contribution in [0.5, 0.6) is 0 Å². The van der Waals surface area contributed by atoms with Crippen molar-refractivity contribution in [2.24, 2.45) is 0 Å². The Bertz CT molecular complexity index is 3080. The van der Waals surface area contributed by atoms with Crippen molar-refractivity contribution >= 4 is 82.4 Å². The molecule has 0 saturated heterocycles. The number of rotatable bonds is 2. The second-order valence-electron chi connectivity index (χ2n) is 12.9. The van der Waals surface area contributed by atoms with Gasteiger partial charge in [-0.3, -0.25) is 4.57 Å². The fourth-order valence-electron chi connectivity index (χ4n) is 8.09. The fourth-order valence-corrected chi connectivity index (χ4v) is 8.09. The fraction of sp³-hybridized carbons (Fsp3) is 0.0222. The summed E-state index contributed by atoms with van der Waals surface area (Å²) in [4.78, 5) is 11.0. The summed E-state index contributed by atoms with van der Waals surface area (Å²) in [7, 11) is 0. The van der Waals surface area contributed by atoms with Crippen LogP contribution in [0.25, 0.3) is 99.5 Å². The summed E-state index contributed by atoms with van der Waals surface area (Å²) in [6.07, 6.45) is 9.65. The Kier molecular flexibility index (Phi) is 5.41. The number of fused-ring (bicyclic) bond motifs is 13. The third kappa shape index (κ3) is 3.74. The number of nitrogens with zero attached hydrogens (tertiary/aromatic N) is 3. The largest absolute Gasteiger partial charge is 0.436 e. The van der Waals surface area contributed by atoms with Gasteiger partial charge in [0.15, 0.2) is 5.82 Å². The smallest absolute Gasteiger partial charge is 0.247 e. The summed E-state index contributed by atoms with van der Waals surface area (Å²) < 4.78 is 8.74. The van der Waals surface area contributed by atoms with E-state index in [9.17, 15) is 0 Å². The Labute approximate surface area is 280 Å². The number of benzene rings is 7. The first-order valence-corrected chi connectivity index (χ1v) is 16.7. The van der Waals surface area contributed by atoms with Crippen LogP contribution in [0.4, 0.5) is 0 Å². The molecular formula is C45H27N3O. The van der Waals surface area contributed by atoms with Crippen LogP contribution in [0.3, 0.4) is 0 Å². The molecule has 10 aromatic rings. The molecule has 3 heterocycles. The number of hydrogen-bond donors (Lipinski definition) is 0. The Morgan fingerprint density at radius 2 is 1.31 bits per heavy atom. The van der Waals surface area contributed by atoms with Crippen molar-refractivity contribution in [1.82, 2.24) is 14.5 Å².